The van der Waals surface area contributed by atoms with E-state index >= 15 is 0 Å². The van der Waals surface area contributed by atoms with Crippen molar-refractivity contribution in [3.63, 3.8) is 0 Å². The van der Waals surface area contributed by atoms with Gasteiger partial charge in [0.05, 0.1) is 10.0 Å². The van der Waals surface area contributed by atoms with Crippen molar-refractivity contribution in [2.75, 3.05) is 5.88 Å². The monoisotopic (exact) mass is 254 g/mol. The molecule has 1 aromatic rings. The highest BCUT2D eigenvalue weighted by molar-refractivity contribution is 6.40. The molecule has 0 N–H and O–H groups in total. The Morgan fingerprint density at radius 1 is 1.08 bits per heavy atom. The predicted molar refractivity (Wildman–Crippen MR) is 61.2 cm³/mol. The van der Waals surface area contributed by atoms with Gasteiger partial charge in [0.25, 0.3) is 0 Å². The van der Waals surface area contributed by atoms with E-state index in [1.165, 1.54) is 0 Å². The molecule has 0 fully saturated rings. The zero-order chi connectivity index (χ0) is 9.84. The van der Waals surface area contributed by atoms with Crippen molar-refractivity contribution < 1.29 is 0 Å². The topological polar surface area (TPSA) is 0 Å². The van der Waals surface area contributed by atoms with Crippen LogP contribution in [-0.2, 0) is 0 Å². The molecule has 0 spiro atoms. The molecule has 4 heteroatoms. The van der Waals surface area contributed by atoms with Gasteiger partial charge in [-0.25, -0.2) is 0 Å². The first-order chi connectivity index (χ1) is 6.15. The molecule has 0 aliphatic rings. The fourth-order valence-electron chi connectivity index (χ4n) is 0.875. The third-order valence-electron chi connectivity index (χ3n) is 1.42. The van der Waals surface area contributed by atoms with Gasteiger partial charge in [0.2, 0.25) is 0 Å². The summed E-state index contributed by atoms with van der Waals surface area (Å²) in [5.74, 6) is 0.426. The summed E-state index contributed by atoms with van der Waals surface area (Å²) in [6, 6.07) is 3.28. The van der Waals surface area contributed by atoms with E-state index in [0.717, 1.165) is 5.56 Å². The second-order valence-corrected chi connectivity index (χ2v) is 3.90. The van der Waals surface area contributed by atoms with E-state index in [0.29, 0.717) is 20.9 Å². The highest BCUT2D eigenvalue weighted by Gasteiger charge is 2.03. The Bertz CT molecular complexity index is 307. The molecule has 0 saturated heterocycles. The fraction of sp³-hybridized carbons (Fsp3) is 0.111. The Hall–Kier alpha value is 0.120. The average molecular weight is 256 g/mol. The Balaban J connectivity index is 3.13. The van der Waals surface area contributed by atoms with E-state index < -0.39 is 0 Å². The normalized spacial score (nSPS) is 11.1. The fourth-order valence-corrected chi connectivity index (χ4v) is 1.91. The predicted octanol–water partition coefficient (Wildman–Crippen LogP) is 4.90. The van der Waals surface area contributed by atoms with Gasteiger partial charge in [0.1, 0.15) is 0 Å². The van der Waals surface area contributed by atoms with Crippen molar-refractivity contribution in [1.29, 1.82) is 0 Å². The lowest BCUT2D eigenvalue weighted by Gasteiger charge is -2.01. The third-order valence-corrected chi connectivity index (χ3v) is 2.44. The minimum absolute atomic E-state index is 0.426. The summed E-state index contributed by atoms with van der Waals surface area (Å²) >= 11 is 23.0. The molecular formula is C9H6Cl4. The van der Waals surface area contributed by atoms with Crippen LogP contribution < -0.4 is 0 Å². The molecule has 13 heavy (non-hydrogen) atoms. The maximum Gasteiger partial charge on any atom is 0.0508 e. The van der Waals surface area contributed by atoms with Gasteiger partial charge in [0.15, 0.2) is 0 Å². The summed E-state index contributed by atoms with van der Waals surface area (Å²) in [7, 11) is 0. The first-order valence-corrected chi connectivity index (χ1v) is 5.19. The molecule has 0 nitrogen and oxygen atoms in total. The first-order valence-electron chi connectivity index (χ1n) is 3.52. The molecule has 0 aliphatic heterocycles. The van der Waals surface area contributed by atoms with E-state index in [-0.39, 0.29) is 0 Å². The molecule has 0 saturated carbocycles. The second-order valence-electron chi connectivity index (χ2n) is 2.34. The third kappa shape index (κ3) is 3.07. The highest BCUT2D eigenvalue weighted by Crippen LogP contribution is 2.29. The summed E-state index contributed by atoms with van der Waals surface area (Å²) in [5, 5.41) is 1.58. The molecule has 1 aromatic carbocycles. The summed E-state index contributed by atoms with van der Waals surface area (Å²) < 4.78 is 0. The summed E-state index contributed by atoms with van der Waals surface area (Å²) in [6.45, 7) is 0. The number of alkyl halides is 1. The Morgan fingerprint density at radius 2 is 1.62 bits per heavy atom. The lowest BCUT2D eigenvalue weighted by atomic mass is 10.2. The molecule has 0 aromatic heterocycles. The second kappa shape index (κ2) is 5.11. The van der Waals surface area contributed by atoms with Crippen LogP contribution >= 0.6 is 46.4 Å². The van der Waals surface area contributed by atoms with Crippen LogP contribution in [0, 0.1) is 0 Å². The molecule has 0 aliphatic carbocycles. The first kappa shape index (κ1) is 11.2. The zero-order valence-electron chi connectivity index (χ0n) is 6.53. The summed E-state index contributed by atoms with van der Waals surface area (Å²) in [5.41, 5.74) is 0.744. The van der Waals surface area contributed by atoms with Gasteiger partial charge in [-0.05, 0) is 12.1 Å². The summed E-state index contributed by atoms with van der Waals surface area (Å²) in [6.07, 6.45) is 3.54. The molecule has 0 radical (unpaired) electrons. The molecule has 1 rings (SSSR count). The van der Waals surface area contributed by atoms with Crippen molar-refractivity contribution in [2.45, 2.75) is 0 Å². The molecule has 70 valence electrons. The minimum atomic E-state index is 0.426. The van der Waals surface area contributed by atoms with E-state index in [4.69, 9.17) is 46.4 Å². The van der Waals surface area contributed by atoms with Crippen molar-refractivity contribution >= 4 is 52.5 Å². The number of hydrogen-bond donors (Lipinski definition) is 0. The molecular weight excluding hydrogens is 250 g/mol. The number of halogens is 4. The number of hydrogen-bond acceptors (Lipinski definition) is 0. The smallest absolute Gasteiger partial charge is 0.0508 e. The van der Waals surface area contributed by atoms with Gasteiger partial charge in [-0.3, -0.25) is 0 Å². The van der Waals surface area contributed by atoms with Crippen molar-refractivity contribution in [1.82, 2.24) is 0 Å². The van der Waals surface area contributed by atoms with Crippen LogP contribution in [0.5, 0.6) is 0 Å². The van der Waals surface area contributed by atoms with Crippen LogP contribution in [-0.4, -0.2) is 5.88 Å². The van der Waals surface area contributed by atoms with Gasteiger partial charge in [-0.2, -0.15) is 0 Å². The van der Waals surface area contributed by atoms with Crippen LogP contribution in [0.25, 0.3) is 6.08 Å². The summed E-state index contributed by atoms with van der Waals surface area (Å²) in [4.78, 5) is 0. The minimum Gasteiger partial charge on any atom is -0.122 e. The van der Waals surface area contributed by atoms with Crippen molar-refractivity contribution in [3.05, 3.63) is 38.8 Å². The van der Waals surface area contributed by atoms with Gasteiger partial charge >= 0.3 is 0 Å². The molecule has 0 unspecified atom stereocenters. The van der Waals surface area contributed by atoms with E-state index in [1.807, 2.05) is 0 Å². The Labute approximate surface area is 97.0 Å². The van der Waals surface area contributed by atoms with Crippen LogP contribution in [0.1, 0.15) is 5.56 Å². The van der Waals surface area contributed by atoms with Gasteiger partial charge in [-0.15, -0.1) is 11.6 Å². The maximum atomic E-state index is 5.91. The Kier molecular flexibility index (Phi) is 4.40. The van der Waals surface area contributed by atoms with Crippen molar-refractivity contribution in [2.24, 2.45) is 0 Å². The van der Waals surface area contributed by atoms with Crippen molar-refractivity contribution in [3.8, 4) is 0 Å². The van der Waals surface area contributed by atoms with Gasteiger partial charge in [0, 0.05) is 16.5 Å². The highest BCUT2D eigenvalue weighted by atomic mass is 35.5. The number of rotatable bonds is 2. The molecule has 0 atom stereocenters. The van der Waals surface area contributed by atoms with Crippen LogP contribution in [0.15, 0.2) is 18.2 Å². The van der Waals surface area contributed by atoms with Crippen LogP contribution in [0.4, 0.5) is 0 Å². The number of allylic oxidation sites excluding steroid dienone is 1. The lowest BCUT2D eigenvalue weighted by Crippen LogP contribution is -1.78. The van der Waals surface area contributed by atoms with E-state index in [9.17, 15) is 0 Å². The number of benzene rings is 1. The van der Waals surface area contributed by atoms with E-state index in [1.54, 1.807) is 24.3 Å². The SMILES string of the molecule is ClCC=Cc1c(Cl)cc(Cl)cc1Cl. The largest absolute Gasteiger partial charge is 0.122 e. The quantitative estimate of drug-likeness (QED) is 0.660. The molecule has 0 bridgehead atoms. The van der Waals surface area contributed by atoms with E-state index in [2.05, 4.69) is 0 Å². The maximum absolute atomic E-state index is 5.91. The Morgan fingerprint density at radius 3 is 2.08 bits per heavy atom. The zero-order valence-corrected chi connectivity index (χ0v) is 9.55. The van der Waals surface area contributed by atoms with Crippen LogP contribution in [0.3, 0.4) is 0 Å². The average Bonchev–Trinajstić information content (AvgIpc) is 2.02. The lowest BCUT2D eigenvalue weighted by molar-refractivity contribution is 1.64. The molecule has 0 heterocycles. The standard InChI is InChI=1S/C9H6Cl4/c10-3-1-2-7-8(12)4-6(11)5-9(7)13/h1-2,4-5H,3H2. The van der Waals surface area contributed by atoms with Gasteiger partial charge < -0.3 is 0 Å². The van der Waals surface area contributed by atoms with Crippen LogP contribution in [0.2, 0.25) is 15.1 Å². The molecule has 0 amide bonds. The van der Waals surface area contributed by atoms with Gasteiger partial charge in [-0.1, -0.05) is 47.0 Å².